The lowest BCUT2D eigenvalue weighted by Gasteiger charge is -2.16. The molecule has 0 aliphatic heterocycles. The van der Waals surface area contributed by atoms with Gasteiger partial charge in [0.25, 0.3) is 0 Å². The van der Waals surface area contributed by atoms with Crippen LogP contribution in [0.3, 0.4) is 0 Å². The summed E-state index contributed by atoms with van der Waals surface area (Å²) in [5.74, 6) is 0.726. The van der Waals surface area contributed by atoms with E-state index >= 15 is 0 Å². The molecular formula is C22H18O. The van der Waals surface area contributed by atoms with Gasteiger partial charge in [-0.1, -0.05) is 60.7 Å². The molecular weight excluding hydrogens is 280 g/mol. The highest BCUT2D eigenvalue weighted by Gasteiger charge is 2.32. The number of benzene rings is 3. The van der Waals surface area contributed by atoms with Crippen LogP contribution in [0.4, 0.5) is 0 Å². The van der Waals surface area contributed by atoms with E-state index in [9.17, 15) is 5.11 Å². The van der Waals surface area contributed by atoms with Crippen molar-refractivity contribution >= 4 is 16.3 Å². The average Bonchev–Trinajstić information content (AvgIpc) is 2.97. The number of allylic oxidation sites excluding steroid dienone is 2. The summed E-state index contributed by atoms with van der Waals surface area (Å²) in [6.07, 6.45) is 5.69. The van der Waals surface area contributed by atoms with Gasteiger partial charge in [0.1, 0.15) is 5.75 Å². The third kappa shape index (κ3) is 1.80. The van der Waals surface area contributed by atoms with Crippen molar-refractivity contribution in [1.29, 1.82) is 0 Å². The summed E-state index contributed by atoms with van der Waals surface area (Å²) in [5, 5.41) is 12.9. The fourth-order valence-corrected chi connectivity index (χ4v) is 4.36. The second-order valence-electron chi connectivity index (χ2n) is 6.63. The van der Waals surface area contributed by atoms with Gasteiger partial charge in [0.05, 0.1) is 0 Å². The first-order valence-electron chi connectivity index (χ1n) is 8.35. The molecule has 0 aromatic heterocycles. The Morgan fingerprint density at radius 1 is 0.870 bits per heavy atom. The Hall–Kier alpha value is -2.54. The van der Waals surface area contributed by atoms with Gasteiger partial charge in [0, 0.05) is 16.9 Å². The van der Waals surface area contributed by atoms with E-state index in [1.54, 1.807) is 0 Å². The van der Waals surface area contributed by atoms with Crippen LogP contribution in [0.25, 0.3) is 16.3 Å². The molecule has 3 aromatic rings. The van der Waals surface area contributed by atoms with Gasteiger partial charge in [0.2, 0.25) is 0 Å². The first kappa shape index (κ1) is 13.0. The van der Waals surface area contributed by atoms with Gasteiger partial charge in [-0.3, -0.25) is 0 Å². The highest BCUT2D eigenvalue weighted by molar-refractivity contribution is 5.90. The molecule has 1 heteroatoms. The third-order valence-electron chi connectivity index (χ3n) is 5.42. The van der Waals surface area contributed by atoms with Crippen molar-refractivity contribution < 1.29 is 5.11 Å². The molecule has 0 spiro atoms. The van der Waals surface area contributed by atoms with Crippen LogP contribution in [0.2, 0.25) is 0 Å². The topological polar surface area (TPSA) is 20.2 Å². The standard InChI is InChI=1S/C22H18O/c23-22-17-9-2-1-5-14(17)11-12-19(22)20-13-16-8-3-6-15-7-4-10-18(20)21(15)16/h1-2,4-5,7-12,20,23H,3,6,13H2. The molecule has 0 bridgehead atoms. The van der Waals surface area contributed by atoms with Gasteiger partial charge < -0.3 is 5.11 Å². The fourth-order valence-electron chi connectivity index (χ4n) is 4.36. The normalized spacial score (nSPS) is 18.8. The van der Waals surface area contributed by atoms with Crippen molar-refractivity contribution in [1.82, 2.24) is 0 Å². The number of hydrogen-bond donors (Lipinski definition) is 1. The van der Waals surface area contributed by atoms with Crippen molar-refractivity contribution in [2.24, 2.45) is 0 Å². The van der Waals surface area contributed by atoms with Crippen LogP contribution in [-0.2, 0) is 6.42 Å². The van der Waals surface area contributed by atoms with Crippen molar-refractivity contribution in [2.45, 2.75) is 25.2 Å². The third-order valence-corrected chi connectivity index (χ3v) is 5.42. The molecule has 1 unspecified atom stereocenters. The van der Waals surface area contributed by atoms with Crippen molar-refractivity contribution in [3.05, 3.63) is 82.9 Å². The maximum atomic E-state index is 10.9. The monoisotopic (exact) mass is 298 g/mol. The van der Waals surface area contributed by atoms with Gasteiger partial charge in [-0.25, -0.2) is 0 Å². The van der Waals surface area contributed by atoms with Gasteiger partial charge in [-0.05, 0) is 46.9 Å². The van der Waals surface area contributed by atoms with Crippen LogP contribution in [0.5, 0.6) is 5.75 Å². The maximum absolute atomic E-state index is 10.9. The lowest BCUT2D eigenvalue weighted by atomic mass is 9.89. The number of aromatic hydroxyl groups is 1. The molecule has 3 aromatic carbocycles. The molecule has 0 saturated heterocycles. The number of hydrogen-bond acceptors (Lipinski definition) is 1. The van der Waals surface area contributed by atoms with E-state index in [1.165, 1.54) is 22.3 Å². The van der Waals surface area contributed by atoms with E-state index in [0.29, 0.717) is 5.75 Å². The van der Waals surface area contributed by atoms with Crippen LogP contribution in [0.1, 0.15) is 41.0 Å². The summed E-state index contributed by atoms with van der Waals surface area (Å²) < 4.78 is 0. The quantitative estimate of drug-likeness (QED) is 0.637. The Morgan fingerprint density at radius 2 is 1.78 bits per heavy atom. The number of rotatable bonds is 1. The lowest BCUT2D eigenvalue weighted by molar-refractivity contribution is 0.472. The van der Waals surface area contributed by atoms with Crippen LogP contribution in [0, 0.1) is 0 Å². The van der Waals surface area contributed by atoms with Gasteiger partial charge >= 0.3 is 0 Å². The Kier molecular flexibility index (Phi) is 2.66. The molecule has 2 aliphatic carbocycles. The van der Waals surface area contributed by atoms with Gasteiger partial charge in [0.15, 0.2) is 0 Å². The van der Waals surface area contributed by atoms with Gasteiger partial charge in [-0.2, -0.15) is 0 Å². The lowest BCUT2D eigenvalue weighted by Crippen LogP contribution is -1.99. The molecule has 1 atom stereocenters. The van der Waals surface area contributed by atoms with E-state index in [4.69, 9.17) is 0 Å². The smallest absolute Gasteiger partial charge is 0.127 e. The molecule has 0 radical (unpaired) electrons. The summed E-state index contributed by atoms with van der Waals surface area (Å²) in [6.45, 7) is 0. The Balaban J connectivity index is 1.73. The molecule has 0 saturated carbocycles. The number of fused-ring (bicyclic) bond motifs is 1. The zero-order valence-electron chi connectivity index (χ0n) is 12.9. The van der Waals surface area contributed by atoms with Crippen molar-refractivity contribution in [3.8, 4) is 5.75 Å². The molecule has 0 heterocycles. The Bertz CT molecular complexity index is 965. The molecule has 1 N–H and O–H groups in total. The summed E-state index contributed by atoms with van der Waals surface area (Å²) in [7, 11) is 0. The fraction of sp³-hybridized carbons (Fsp3) is 0.182. The average molecular weight is 298 g/mol. The summed E-state index contributed by atoms with van der Waals surface area (Å²) in [6, 6.07) is 19.0. The van der Waals surface area contributed by atoms with Crippen molar-refractivity contribution in [2.75, 3.05) is 0 Å². The summed E-state index contributed by atoms with van der Waals surface area (Å²) >= 11 is 0. The molecule has 0 amide bonds. The summed E-state index contributed by atoms with van der Waals surface area (Å²) in [4.78, 5) is 0. The molecule has 112 valence electrons. The largest absolute Gasteiger partial charge is 0.507 e. The van der Waals surface area contributed by atoms with Gasteiger partial charge in [-0.15, -0.1) is 0 Å². The minimum Gasteiger partial charge on any atom is -0.507 e. The molecule has 0 fully saturated rings. The van der Waals surface area contributed by atoms with E-state index in [1.807, 2.05) is 18.2 Å². The van der Waals surface area contributed by atoms with E-state index in [-0.39, 0.29) is 5.92 Å². The first-order valence-corrected chi connectivity index (χ1v) is 8.35. The zero-order chi connectivity index (χ0) is 15.4. The second-order valence-corrected chi connectivity index (χ2v) is 6.63. The first-order chi connectivity index (χ1) is 11.3. The molecule has 1 nitrogen and oxygen atoms in total. The van der Waals surface area contributed by atoms with E-state index < -0.39 is 0 Å². The highest BCUT2D eigenvalue weighted by Crippen LogP contribution is 2.50. The predicted octanol–water partition coefficient (Wildman–Crippen LogP) is 5.41. The van der Waals surface area contributed by atoms with E-state index in [2.05, 4.69) is 42.5 Å². The van der Waals surface area contributed by atoms with Crippen LogP contribution >= 0.6 is 0 Å². The predicted molar refractivity (Wildman–Crippen MR) is 94.8 cm³/mol. The van der Waals surface area contributed by atoms with Crippen molar-refractivity contribution in [3.63, 3.8) is 0 Å². The van der Waals surface area contributed by atoms with Crippen LogP contribution < -0.4 is 0 Å². The minimum absolute atomic E-state index is 0.277. The second kappa shape index (κ2) is 4.73. The Labute approximate surface area is 135 Å². The van der Waals surface area contributed by atoms with E-state index in [0.717, 1.165) is 35.6 Å². The zero-order valence-corrected chi connectivity index (χ0v) is 12.9. The number of aryl methyl sites for hydroxylation is 1. The molecule has 2 aliphatic rings. The van der Waals surface area contributed by atoms with Crippen LogP contribution in [-0.4, -0.2) is 5.11 Å². The highest BCUT2D eigenvalue weighted by atomic mass is 16.3. The SMILES string of the molecule is Oc1c(C2CC3=CCCc4cccc2c43)ccc2ccccc12. The number of phenols is 1. The molecule has 5 rings (SSSR count). The maximum Gasteiger partial charge on any atom is 0.127 e. The molecule has 23 heavy (non-hydrogen) atoms. The Morgan fingerprint density at radius 3 is 2.74 bits per heavy atom. The number of phenolic OH excluding ortho intramolecular Hbond substituents is 1. The minimum atomic E-state index is 0.277. The van der Waals surface area contributed by atoms with Crippen LogP contribution in [0.15, 0.2) is 60.7 Å². The summed E-state index contributed by atoms with van der Waals surface area (Å²) in [5.41, 5.74) is 6.85.